The quantitative estimate of drug-likeness (QED) is 0.920. The summed E-state index contributed by atoms with van der Waals surface area (Å²) >= 11 is 0. The van der Waals surface area contributed by atoms with Crippen LogP contribution in [0.15, 0.2) is 41.3 Å². The SMILES string of the molecule is CC(C)(C)C(=O)NCc1ccc(-c2ccoc2)nc1. The summed E-state index contributed by atoms with van der Waals surface area (Å²) in [6.45, 7) is 6.17. The van der Waals surface area contributed by atoms with E-state index >= 15 is 0 Å². The molecule has 100 valence electrons. The number of carbonyl (C=O) groups excluding carboxylic acids is 1. The van der Waals surface area contributed by atoms with Crippen LogP contribution in [-0.4, -0.2) is 10.9 Å². The number of rotatable bonds is 3. The van der Waals surface area contributed by atoms with Crippen molar-refractivity contribution in [3.05, 3.63) is 42.5 Å². The van der Waals surface area contributed by atoms with Crippen LogP contribution in [0, 0.1) is 5.41 Å². The van der Waals surface area contributed by atoms with Gasteiger partial charge in [0.25, 0.3) is 0 Å². The molecule has 0 aromatic carbocycles. The molecular weight excluding hydrogens is 240 g/mol. The van der Waals surface area contributed by atoms with Gasteiger partial charge in [0.2, 0.25) is 5.91 Å². The van der Waals surface area contributed by atoms with Gasteiger partial charge in [0.1, 0.15) is 0 Å². The number of nitrogens with zero attached hydrogens (tertiary/aromatic N) is 1. The van der Waals surface area contributed by atoms with Crippen LogP contribution >= 0.6 is 0 Å². The highest BCUT2D eigenvalue weighted by Gasteiger charge is 2.20. The fourth-order valence-corrected chi connectivity index (χ4v) is 1.56. The smallest absolute Gasteiger partial charge is 0.225 e. The Balaban J connectivity index is 1.98. The largest absolute Gasteiger partial charge is 0.472 e. The highest BCUT2D eigenvalue weighted by atomic mass is 16.3. The number of aromatic nitrogens is 1. The lowest BCUT2D eigenvalue weighted by molar-refractivity contribution is -0.128. The molecule has 0 aliphatic rings. The molecule has 2 aromatic heterocycles. The number of hydrogen-bond donors (Lipinski definition) is 1. The van der Waals surface area contributed by atoms with Gasteiger partial charge < -0.3 is 9.73 Å². The van der Waals surface area contributed by atoms with Crippen LogP contribution < -0.4 is 5.32 Å². The lowest BCUT2D eigenvalue weighted by Gasteiger charge is -2.17. The summed E-state index contributed by atoms with van der Waals surface area (Å²) in [7, 11) is 0. The Hall–Kier alpha value is -2.10. The number of amides is 1. The van der Waals surface area contributed by atoms with E-state index in [2.05, 4.69) is 10.3 Å². The fraction of sp³-hybridized carbons (Fsp3) is 0.333. The van der Waals surface area contributed by atoms with Gasteiger partial charge in [0.05, 0.1) is 18.2 Å². The molecule has 0 saturated heterocycles. The molecule has 2 heterocycles. The van der Waals surface area contributed by atoms with E-state index in [0.29, 0.717) is 6.54 Å². The third kappa shape index (κ3) is 3.44. The zero-order valence-corrected chi connectivity index (χ0v) is 11.4. The molecule has 0 aliphatic carbocycles. The van der Waals surface area contributed by atoms with Crippen LogP contribution in [0.1, 0.15) is 26.3 Å². The van der Waals surface area contributed by atoms with Crippen LogP contribution in [0.5, 0.6) is 0 Å². The van der Waals surface area contributed by atoms with Gasteiger partial charge in [-0.3, -0.25) is 9.78 Å². The van der Waals surface area contributed by atoms with E-state index in [1.807, 2.05) is 39.0 Å². The summed E-state index contributed by atoms with van der Waals surface area (Å²) in [5.74, 6) is 0.0337. The van der Waals surface area contributed by atoms with Crippen molar-refractivity contribution in [2.45, 2.75) is 27.3 Å². The molecule has 4 heteroatoms. The molecule has 0 aliphatic heterocycles. The monoisotopic (exact) mass is 258 g/mol. The first-order valence-electron chi connectivity index (χ1n) is 6.22. The van der Waals surface area contributed by atoms with Gasteiger partial charge in [-0.25, -0.2) is 0 Å². The van der Waals surface area contributed by atoms with Crippen molar-refractivity contribution in [2.24, 2.45) is 5.41 Å². The summed E-state index contributed by atoms with van der Waals surface area (Å²) in [5.41, 5.74) is 2.42. The Bertz CT molecular complexity index is 537. The fourth-order valence-electron chi connectivity index (χ4n) is 1.56. The molecule has 0 spiro atoms. The summed E-state index contributed by atoms with van der Waals surface area (Å²) in [4.78, 5) is 16.1. The van der Waals surface area contributed by atoms with E-state index in [1.54, 1.807) is 18.7 Å². The topological polar surface area (TPSA) is 55.1 Å². The zero-order valence-electron chi connectivity index (χ0n) is 11.4. The molecular formula is C15H18N2O2. The number of pyridine rings is 1. The molecule has 1 amide bonds. The molecule has 0 radical (unpaired) electrons. The number of hydrogen-bond acceptors (Lipinski definition) is 3. The second-order valence-electron chi connectivity index (χ2n) is 5.50. The average Bonchev–Trinajstić information content (AvgIpc) is 2.89. The third-order valence-electron chi connectivity index (χ3n) is 2.78. The Morgan fingerprint density at radius 2 is 2.11 bits per heavy atom. The molecule has 4 nitrogen and oxygen atoms in total. The highest BCUT2D eigenvalue weighted by molar-refractivity contribution is 5.81. The molecule has 0 fully saturated rings. The Morgan fingerprint density at radius 3 is 2.63 bits per heavy atom. The third-order valence-corrected chi connectivity index (χ3v) is 2.78. The summed E-state index contributed by atoms with van der Waals surface area (Å²) in [6, 6.07) is 5.74. The first-order chi connectivity index (χ1) is 8.97. The van der Waals surface area contributed by atoms with E-state index in [-0.39, 0.29) is 11.3 Å². The van der Waals surface area contributed by atoms with E-state index in [9.17, 15) is 4.79 Å². The van der Waals surface area contributed by atoms with Crippen LogP contribution in [0.25, 0.3) is 11.3 Å². The van der Waals surface area contributed by atoms with Crippen molar-refractivity contribution in [2.75, 3.05) is 0 Å². The number of carbonyl (C=O) groups is 1. The maximum Gasteiger partial charge on any atom is 0.225 e. The van der Waals surface area contributed by atoms with Crippen LogP contribution in [0.2, 0.25) is 0 Å². The predicted molar refractivity (Wildman–Crippen MR) is 73.2 cm³/mol. The van der Waals surface area contributed by atoms with Gasteiger partial charge in [-0.1, -0.05) is 26.8 Å². The minimum absolute atomic E-state index is 0.0337. The van der Waals surface area contributed by atoms with E-state index in [1.165, 1.54) is 0 Å². The summed E-state index contributed by atoms with van der Waals surface area (Å²) < 4.78 is 5.02. The van der Waals surface area contributed by atoms with E-state index in [4.69, 9.17) is 4.42 Å². The van der Waals surface area contributed by atoms with Gasteiger partial charge in [-0.15, -0.1) is 0 Å². The van der Waals surface area contributed by atoms with Crippen molar-refractivity contribution < 1.29 is 9.21 Å². The van der Waals surface area contributed by atoms with Crippen molar-refractivity contribution in [1.82, 2.24) is 10.3 Å². The molecule has 0 unspecified atom stereocenters. The second kappa shape index (κ2) is 5.26. The molecule has 1 N–H and O–H groups in total. The Labute approximate surface area is 112 Å². The van der Waals surface area contributed by atoms with Crippen molar-refractivity contribution in [3.8, 4) is 11.3 Å². The molecule has 19 heavy (non-hydrogen) atoms. The molecule has 0 saturated carbocycles. The highest BCUT2D eigenvalue weighted by Crippen LogP contribution is 2.17. The van der Waals surface area contributed by atoms with E-state index < -0.39 is 0 Å². The Morgan fingerprint density at radius 1 is 1.32 bits per heavy atom. The van der Waals surface area contributed by atoms with Crippen molar-refractivity contribution >= 4 is 5.91 Å². The van der Waals surface area contributed by atoms with E-state index in [0.717, 1.165) is 16.8 Å². The maximum absolute atomic E-state index is 11.7. The first-order valence-corrected chi connectivity index (χ1v) is 6.22. The normalized spacial score (nSPS) is 11.3. The van der Waals surface area contributed by atoms with Gasteiger partial charge in [-0.2, -0.15) is 0 Å². The van der Waals surface area contributed by atoms with Gasteiger partial charge in [-0.05, 0) is 17.7 Å². The minimum atomic E-state index is -0.371. The van der Waals surface area contributed by atoms with Crippen molar-refractivity contribution in [1.29, 1.82) is 0 Å². The predicted octanol–water partition coefficient (Wildman–Crippen LogP) is 3.00. The number of nitrogens with one attached hydrogen (secondary N) is 1. The van der Waals surface area contributed by atoms with Crippen LogP contribution in [0.4, 0.5) is 0 Å². The molecule has 0 atom stereocenters. The average molecular weight is 258 g/mol. The van der Waals surface area contributed by atoms with Gasteiger partial charge in [0, 0.05) is 23.7 Å². The second-order valence-corrected chi connectivity index (χ2v) is 5.50. The molecule has 0 bridgehead atoms. The van der Waals surface area contributed by atoms with Gasteiger partial charge in [0.15, 0.2) is 0 Å². The first kappa shape index (κ1) is 13.3. The minimum Gasteiger partial charge on any atom is -0.472 e. The lowest BCUT2D eigenvalue weighted by atomic mass is 9.95. The standard InChI is InChI=1S/C15H18N2O2/c1-15(2,3)14(18)17-9-11-4-5-13(16-8-11)12-6-7-19-10-12/h4-8,10H,9H2,1-3H3,(H,17,18). The van der Waals surface area contributed by atoms with Crippen LogP contribution in [0.3, 0.4) is 0 Å². The number of furan rings is 1. The molecule has 2 rings (SSSR count). The molecule has 2 aromatic rings. The summed E-state index contributed by atoms with van der Waals surface area (Å²) in [5, 5.41) is 2.90. The zero-order chi connectivity index (χ0) is 13.9. The van der Waals surface area contributed by atoms with Crippen molar-refractivity contribution in [3.63, 3.8) is 0 Å². The van der Waals surface area contributed by atoms with Crippen LogP contribution in [-0.2, 0) is 11.3 Å². The van der Waals surface area contributed by atoms with Gasteiger partial charge >= 0.3 is 0 Å². The lowest BCUT2D eigenvalue weighted by Crippen LogP contribution is -2.34. The Kier molecular flexibility index (Phi) is 3.69. The maximum atomic E-state index is 11.7. The summed E-state index contributed by atoms with van der Waals surface area (Å²) in [6.07, 6.45) is 5.04.